The van der Waals surface area contributed by atoms with Gasteiger partial charge in [-0.1, -0.05) is 122 Å². The average Bonchev–Trinajstić information content (AvgIpc) is 3.54. The SMILES string of the molecule is COC(OC)c1cccc(OC2C[C@@H](C(=O)OC(c3ccccc3)c3ccccc3)N(C(=O)C(C)CSC(=O)c3ccccc3)C2)c1. The van der Waals surface area contributed by atoms with Gasteiger partial charge in [-0.25, -0.2) is 4.79 Å². The molecule has 0 bridgehead atoms. The summed E-state index contributed by atoms with van der Waals surface area (Å²) in [6.45, 7) is 1.96. The zero-order valence-corrected chi connectivity index (χ0v) is 27.5. The number of carbonyl (C=O) groups excluding carboxylic acids is 3. The van der Waals surface area contributed by atoms with E-state index >= 15 is 0 Å². The van der Waals surface area contributed by atoms with E-state index in [4.69, 9.17) is 18.9 Å². The zero-order chi connectivity index (χ0) is 33.2. The van der Waals surface area contributed by atoms with Gasteiger partial charge < -0.3 is 23.8 Å². The van der Waals surface area contributed by atoms with E-state index in [2.05, 4.69) is 0 Å². The first-order valence-electron chi connectivity index (χ1n) is 15.5. The summed E-state index contributed by atoms with van der Waals surface area (Å²) in [7, 11) is 3.12. The highest BCUT2D eigenvalue weighted by atomic mass is 32.2. The highest BCUT2D eigenvalue weighted by Gasteiger charge is 2.44. The van der Waals surface area contributed by atoms with Crippen molar-refractivity contribution >= 4 is 28.8 Å². The molecule has 0 spiro atoms. The fraction of sp³-hybridized carbons (Fsp3) is 0.289. The van der Waals surface area contributed by atoms with Crippen molar-refractivity contribution in [3.8, 4) is 5.75 Å². The number of ether oxygens (including phenoxy) is 4. The molecule has 3 atom stereocenters. The number of hydrogen-bond acceptors (Lipinski definition) is 8. The lowest BCUT2D eigenvalue weighted by Gasteiger charge is -2.28. The number of benzene rings is 4. The smallest absolute Gasteiger partial charge is 0.329 e. The Bertz CT molecular complexity index is 1580. The molecular weight excluding hydrogens is 614 g/mol. The molecule has 0 aromatic heterocycles. The predicted molar refractivity (Wildman–Crippen MR) is 181 cm³/mol. The van der Waals surface area contributed by atoms with Gasteiger partial charge in [0.15, 0.2) is 12.4 Å². The summed E-state index contributed by atoms with van der Waals surface area (Å²) in [5.41, 5.74) is 2.99. The molecule has 47 heavy (non-hydrogen) atoms. The van der Waals surface area contributed by atoms with Crippen molar-refractivity contribution in [2.75, 3.05) is 26.5 Å². The number of hydrogen-bond donors (Lipinski definition) is 0. The van der Waals surface area contributed by atoms with Crippen LogP contribution in [0.4, 0.5) is 0 Å². The number of likely N-dealkylation sites (tertiary alicyclic amines) is 1. The fourth-order valence-electron chi connectivity index (χ4n) is 5.64. The molecule has 4 aromatic rings. The first-order valence-corrected chi connectivity index (χ1v) is 16.5. The molecule has 0 aliphatic carbocycles. The number of carbonyl (C=O) groups is 3. The van der Waals surface area contributed by atoms with Crippen LogP contribution in [0.3, 0.4) is 0 Å². The molecule has 2 unspecified atom stereocenters. The summed E-state index contributed by atoms with van der Waals surface area (Å²) in [5.74, 6) is -0.459. The van der Waals surface area contributed by atoms with Crippen molar-refractivity contribution in [1.82, 2.24) is 4.90 Å². The van der Waals surface area contributed by atoms with Crippen molar-refractivity contribution in [1.29, 1.82) is 0 Å². The van der Waals surface area contributed by atoms with Gasteiger partial charge in [-0.05, 0) is 23.3 Å². The zero-order valence-electron chi connectivity index (χ0n) is 26.7. The molecule has 1 heterocycles. The maximum absolute atomic E-state index is 14.0. The van der Waals surface area contributed by atoms with Crippen LogP contribution in [-0.2, 0) is 23.8 Å². The lowest BCUT2D eigenvalue weighted by atomic mass is 10.0. The van der Waals surface area contributed by atoms with E-state index in [0.29, 0.717) is 11.3 Å². The first-order chi connectivity index (χ1) is 22.9. The van der Waals surface area contributed by atoms with Crippen LogP contribution in [0.15, 0.2) is 115 Å². The van der Waals surface area contributed by atoms with Gasteiger partial charge in [-0.15, -0.1) is 0 Å². The number of esters is 1. The third kappa shape index (κ3) is 8.68. The summed E-state index contributed by atoms with van der Waals surface area (Å²) in [6.07, 6.45) is -1.46. The van der Waals surface area contributed by atoms with E-state index in [0.717, 1.165) is 28.5 Å². The van der Waals surface area contributed by atoms with Gasteiger partial charge in [-0.3, -0.25) is 9.59 Å². The maximum Gasteiger partial charge on any atom is 0.329 e. The van der Waals surface area contributed by atoms with Gasteiger partial charge in [0, 0.05) is 43.4 Å². The average molecular weight is 654 g/mol. The molecule has 9 heteroatoms. The molecule has 5 rings (SSSR count). The van der Waals surface area contributed by atoms with Crippen molar-refractivity contribution in [2.24, 2.45) is 5.92 Å². The second-order valence-electron chi connectivity index (χ2n) is 11.4. The number of methoxy groups -OCH3 is 2. The van der Waals surface area contributed by atoms with Crippen molar-refractivity contribution in [2.45, 2.75) is 37.9 Å². The van der Waals surface area contributed by atoms with Crippen LogP contribution in [0, 0.1) is 5.92 Å². The summed E-state index contributed by atoms with van der Waals surface area (Å²) in [4.78, 5) is 42.3. The maximum atomic E-state index is 14.0. The van der Waals surface area contributed by atoms with Crippen LogP contribution < -0.4 is 4.74 Å². The van der Waals surface area contributed by atoms with Crippen LogP contribution in [0.2, 0.25) is 0 Å². The predicted octanol–water partition coefficient (Wildman–Crippen LogP) is 6.87. The minimum atomic E-state index is -0.881. The van der Waals surface area contributed by atoms with Crippen LogP contribution in [0.5, 0.6) is 5.75 Å². The Kier molecular flexibility index (Phi) is 11.8. The molecule has 0 N–H and O–H groups in total. The monoisotopic (exact) mass is 653 g/mol. The van der Waals surface area contributed by atoms with Gasteiger partial charge in [0.1, 0.15) is 17.9 Å². The normalized spacial score (nSPS) is 16.7. The van der Waals surface area contributed by atoms with Gasteiger partial charge in [0.25, 0.3) is 0 Å². The van der Waals surface area contributed by atoms with E-state index in [1.54, 1.807) is 38.2 Å². The van der Waals surface area contributed by atoms with E-state index in [-0.39, 0.29) is 29.7 Å². The van der Waals surface area contributed by atoms with Gasteiger partial charge >= 0.3 is 5.97 Å². The summed E-state index contributed by atoms with van der Waals surface area (Å²) < 4.78 is 23.4. The van der Waals surface area contributed by atoms with Crippen molar-refractivity contribution in [3.05, 3.63) is 138 Å². The number of thioether (sulfide) groups is 1. The highest BCUT2D eigenvalue weighted by Crippen LogP contribution is 2.32. The molecule has 1 aliphatic rings. The topological polar surface area (TPSA) is 91.4 Å². The largest absolute Gasteiger partial charge is 0.488 e. The van der Waals surface area contributed by atoms with Crippen LogP contribution >= 0.6 is 11.8 Å². The van der Waals surface area contributed by atoms with E-state index in [9.17, 15) is 14.4 Å². The van der Waals surface area contributed by atoms with E-state index in [1.807, 2.05) is 103 Å². The second-order valence-corrected chi connectivity index (χ2v) is 12.4. The molecule has 1 amide bonds. The third-order valence-corrected chi connectivity index (χ3v) is 9.18. The Labute approximate surface area is 280 Å². The minimum absolute atomic E-state index is 0.109. The molecule has 244 valence electrons. The Morgan fingerprint density at radius 2 is 1.36 bits per heavy atom. The second kappa shape index (κ2) is 16.4. The molecule has 0 saturated carbocycles. The van der Waals surface area contributed by atoms with Crippen LogP contribution in [0.25, 0.3) is 0 Å². The fourth-order valence-corrected chi connectivity index (χ4v) is 6.48. The van der Waals surface area contributed by atoms with Gasteiger partial charge in [0.05, 0.1) is 6.54 Å². The number of amides is 1. The first kappa shape index (κ1) is 33.9. The molecule has 8 nitrogen and oxygen atoms in total. The van der Waals surface area contributed by atoms with Crippen LogP contribution in [0.1, 0.15) is 52.8 Å². The van der Waals surface area contributed by atoms with Crippen molar-refractivity contribution < 1.29 is 33.3 Å². The lowest BCUT2D eigenvalue weighted by Crippen LogP contribution is -2.44. The van der Waals surface area contributed by atoms with Gasteiger partial charge in [0.2, 0.25) is 11.0 Å². The van der Waals surface area contributed by atoms with E-state index < -0.39 is 36.4 Å². The molecule has 1 saturated heterocycles. The van der Waals surface area contributed by atoms with E-state index in [1.165, 1.54) is 0 Å². The summed E-state index contributed by atoms with van der Waals surface area (Å²) >= 11 is 1.09. The molecule has 0 radical (unpaired) electrons. The third-order valence-electron chi connectivity index (χ3n) is 8.01. The number of nitrogens with zero attached hydrogens (tertiary/aromatic N) is 1. The summed E-state index contributed by atoms with van der Waals surface area (Å²) in [5, 5.41) is -0.109. The Morgan fingerprint density at radius 3 is 1.96 bits per heavy atom. The van der Waals surface area contributed by atoms with Gasteiger partial charge in [-0.2, -0.15) is 0 Å². The Morgan fingerprint density at radius 1 is 0.787 bits per heavy atom. The number of rotatable bonds is 13. The molecule has 4 aromatic carbocycles. The molecule has 1 fully saturated rings. The molecule has 1 aliphatic heterocycles. The van der Waals surface area contributed by atoms with Crippen molar-refractivity contribution in [3.63, 3.8) is 0 Å². The standard InChI is InChI=1S/C38H39NO7S/c1-26(25-47-37(42)29-18-11-6-12-19-29)35(40)39-24-32(45-31-21-13-20-30(22-31)38(43-2)44-3)23-33(39)36(41)46-34(27-14-7-4-8-15-27)28-16-9-5-10-17-28/h4-22,26,32-34,38H,23-25H2,1-3H3/t26?,32?,33-/m0/s1. The lowest BCUT2D eigenvalue weighted by molar-refractivity contribution is -0.157. The Balaban J connectivity index is 1.36. The van der Waals surface area contributed by atoms with Crippen LogP contribution in [-0.4, -0.2) is 60.6 Å². The highest BCUT2D eigenvalue weighted by molar-refractivity contribution is 8.14. The summed E-state index contributed by atoms with van der Waals surface area (Å²) in [6, 6.07) is 34.5. The quantitative estimate of drug-likeness (QED) is 0.114. The molecular formula is C38H39NO7S. The Hall–Kier alpha value is -4.44. The minimum Gasteiger partial charge on any atom is -0.488 e.